The first-order valence-corrected chi connectivity index (χ1v) is 5.57. The molecule has 0 saturated heterocycles. The van der Waals surface area contributed by atoms with Gasteiger partial charge in [0.1, 0.15) is 0 Å². The van der Waals surface area contributed by atoms with E-state index in [-0.39, 0.29) is 5.91 Å². The average molecular weight is 220 g/mol. The Morgan fingerprint density at radius 3 is 2.50 bits per heavy atom. The Bertz CT molecular complexity index is 361. The SMILES string of the molecule is Cc1ccccc1CN(CC(N)=O)C(C)C. The van der Waals surface area contributed by atoms with Gasteiger partial charge in [-0.05, 0) is 31.9 Å². The molecule has 88 valence electrons. The van der Waals surface area contributed by atoms with Gasteiger partial charge in [-0.2, -0.15) is 0 Å². The van der Waals surface area contributed by atoms with Crippen molar-refractivity contribution < 1.29 is 4.79 Å². The van der Waals surface area contributed by atoms with E-state index in [1.807, 2.05) is 12.1 Å². The van der Waals surface area contributed by atoms with E-state index in [1.165, 1.54) is 11.1 Å². The third-order valence-corrected chi connectivity index (χ3v) is 2.72. The summed E-state index contributed by atoms with van der Waals surface area (Å²) in [7, 11) is 0. The van der Waals surface area contributed by atoms with Crippen LogP contribution in [0.3, 0.4) is 0 Å². The highest BCUT2D eigenvalue weighted by Gasteiger charge is 2.13. The number of nitrogens with two attached hydrogens (primary N) is 1. The fourth-order valence-electron chi connectivity index (χ4n) is 1.63. The van der Waals surface area contributed by atoms with E-state index in [4.69, 9.17) is 5.73 Å². The number of amides is 1. The van der Waals surface area contributed by atoms with Gasteiger partial charge in [0.05, 0.1) is 6.54 Å². The van der Waals surface area contributed by atoms with Crippen molar-refractivity contribution in [1.29, 1.82) is 0 Å². The summed E-state index contributed by atoms with van der Waals surface area (Å²) in [6, 6.07) is 8.52. The topological polar surface area (TPSA) is 46.3 Å². The van der Waals surface area contributed by atoms with E-state index in [1.54, 1.807) is 0 Å². The monoisotopic (exact) mass is 220 g/mol. The standard InChI is InChI=1S/C13H20N2O/c1-10(2)15(9-13(14)16)8-12-7-5-4-6-11(12)3/h4-7,10H,8-9H2,1-3H3,(H2,14,16). The van der Waals surface area contributed by atoms with Crippen LogP contribution in [0.5, 0.6) is 0 Å². The summed E-state index contributed by atoms with van der Waals surface area (Å²) in [6.45, 7) is 7.31. The molecule has 0 fully saturated rings. The first-order chi connectivity index (χ1) is 7.50. The van der Waals surface area contributed by atoms with Crippen LogP contribution in [0.15, 0.2) is 24.3 Å². The number of rotatable bonds is 5. The minimum absolute atomic E-state index is 0.276. The van der Waals surface area contributed by atoms with Gasteiger partial charge in [-0.3, -0.25) is 9.69 Å². The molecule has 0 atom stereocenters. The lowest BCUT2D eigenvalue weighted by atomic mass is 10.1. The van der Waals surface area contributed by atoms with Crippen LogP contribution < -0.4 is 5.73 Å². The number of primary amides is 1. The van der Waals surface area contributed by atoms with Crippen molar-refractivity contribution in [1.82, 2.24) is 4.90 Å². The predicted molar refractivity (Wildman–Crippen MR) is 65.9 cm³/mol. The summed E-state index contributed by atoms with van der Waals surface area (Å²) >= 11 is 0. The number of aryl methyl sites for hydroxylation is 1. The van der Waals surface area contributed by atoms with Gasteiger partial charge >= 0.3 is 0 Å². The number of nitrogens with zero attached hydrogens (tertiary/aromatic N) is 1. The van der Waals surface area contributed by atoms with E-state index in [0.29, 0.717) is 12.6 Å². The van der Waals surface area contributed by atoms with Crippen LogP contribution in [0.25, 0.3) is 0 Å². The molecule has 0 aromatic heterocycles. The van der Waals surface area contributed by atoms with Crippen molar-refractivity contribution in [2.75, 3.05) is 6.54 Å². The Labute approximate surface area is 97.2 Å². The van der Waals surface area contributed by atoms with Gasteiger partial charge in [-0.15, -0.1) is 0 Å². The number of carbonyl (C=O) groups excluding carboxylic acids is 1. The second-order valence-corrected chi connectivity index (χ2v) is 4.39. The zero-order valence-corrected chi connectivity index (χ0v) is 10.2. The van der Waals surface area contributed by atoms with Crippen LogP contribution >= 0.6 is 0 Å². The van der Waals surface area contributed by atoms with E-state index < -0.39 is 0 Å². The fraction of sp³-hybridized carbons (Fsp3) is 0.462. The molecule has 0 radical (unpaired) electrons. The smallest absolute Gasteiger partial charge is 0.231 e. The molecule has 2 N–H and O–H groups in total. The molecule has 16 heavy (non-hydrogen) atoms. The molecular formula is C13H20N2O. The summed E-state index contributed by atoms with van der Waals surface area (Å²) in [4.78, 5) is 13.0. The van der Waals surface area contributed by atoms with Crippen molar-refractivity contribution >= 4 is 5.91 Å². The van der Waals surface area contributed by atoms with Crippen molar-refractivity contribution in [3.63, 3.8) is 0 Å². The van der Waals surface area contributed by atoms with Crippen molar-refractivity contribution in [3.05, 3.63) is 35.4 Å². The molecule has 0 unspecified atom stereocenters. The molecule has 0 aliphatic rings. The number of hydrogen-bond acceptors (Lipinski definition) is 2. The Balaban J connectivity index is 2.76. The maximum absolute atomic E-state index is 11.0. The molecule has 0 aliphatic heterocycles. The third-order valence-electron chi connectivity index (χ3n) is 2.72. The maximum Gasteiger partial charge on any atom is 0.231 e. The molecule has 0 spiro atoms. The van der Waals surface area contributed by atoms with Gasteiger partial charge in [0.2, 0.25) is 5.91 Å². The lowest BCUT2D eigenvalue weighted by molar-refractivity contribution is -0.119. The Morgan fingerprint density at radius 1 is 1.38 bits per heavy atom. The first kappa shape index (κ1) is 12.7. The summed E-state index contributed by atoms with van der Waals surface area (Å²) in [5.41, 5.74) is 7.74. The third kappa shape index (κ3) is 3.66. The van der Waals surface area contributed by atoms with Crippen LogP contribution in [0.4, 0.5) is 0 Å². The van der Waals surface area contributed by atoms with Crippen LogP contribution in [0.1, 0.15) is 25.0 Å². The summed E-state index contributed by atoms with van der Waals surface area (Å²) < 4.78 is 0. The molecule has 3 heteroatoms. The van der Waals surface area contributed by atoms with E-state index >= 15 is 0 Å². The molecule has 1 rings (SSSR count). The minimum Gasteiger partial charge on any atom is -0.369 e. The zero-order chi connectivity index (χ0) is 12.1. The molecule has 1 amide bonds. The second-order valence-electron chi connectivity index (χ2n) is 4.39. The van der Waals surface area contributed by atoms with E-state index in [9.17, 15) is 4.79 Å². The van der Waals surface area contributed by atoms with Gasteiger partial charge in [-0.25, -0.2) is 0 Å². The fourth-order valence-corrected chi connectivity index (χ4v) is 1.63. The number of benzene rings is 1. The van der Waals surface area contributed by atoms with Crippen LogP contribution in [-0.4, -0.2) is 23.4 Å². The Kier molecular flexibility index (Phi) is 4.50. The second kappa shape index (κ2) is 5.66. The maximum atomic E-state index is 11.0. The lowest BCUT2D eigenvalue weighted by Crippen LogP contribution is -2.38. The molecule has 0 heterocycles. The first-order valence-electron chi connectivity index (χ1n) is 5.57. The minimum atomic E-state index is -0.276. The van der Waals surface area contributed by atoms with Crippen LogP contribution in [0.2, 0.25) is 0 Å². The zero-order valence-electron chi connectivity index (χ0n) is 10.2. The molecule has 1 aromatic carbocycles. The summed E-state index contributed by atoms with van der Waals surface area (Å²) in [5.74, 6) is -0.276. The molecule has 0 aliphatic carbocycles. The highest BCUT2D eigenvalue weighted by molar-refractivity contribution is 5.75. The van der Waals surface area contributed by atoms with Crippen LogP contribution in [0, 0.1) is 6.92 Å². The summed E-state index contributed by atoms with van der Waals surface area (Å²) in [6.07, 6.45) is 0. The molecule has 1 aromatic rings. The largest absolute Gasteiger partial charge is 0.369 e. The Morgan fingerprint density at radius 2 is 2.00 bits per heavy atom. The normalized spacial score (nSPS) is 11.1. The van der Waals surface area contributed by atoms with E-state index in [0.717, 1.165) is 6.54 Å². The van der Waals surface area contributed by atoms with Gasteiger partial charge in [0, 0.05) is 12.6 Å². The van der Waals surface area contributed by atoms with Gasteiger partial charge in [0.15, 0.2) is 0 Å². The number of carbonyl (C=O) groups is 1. The van der Waals surface area contributed by atoms with Gasteiger partial charge in [0.25, 0.3) is 0 Å². The van der Waals surface area contributed by atoms with Crippen molar-refractivity contribution in [2.24, 2.45) is 5.73 Å². The summed E-state index contributed by atoms with van der Waals surface area (Å²) in [5, 5.41) is 0. The van der Waals surface area contributed by atoms with E-state index in [2.05, 4.69) is 37.8 Å². The lowest BCUT2D eigenvalue weighted by Gasteiger charge is -2.25. The Hall–Kier alpha value is -1.35. The molecular weight excluding hydrogens is 200 g/mol. The van der Waals surface area contributed by atoms with Gasteiger partial charge < -0.3 is 5.73 Å². The average Bonchev–Trinajstić information content (AvgIpc) is 2.19. The molecule has 0 saturated carbocycles. The highest BCUT2D eigenvalue weighted by Crippen LogP contribution is 2.12. The molecule has 0 bridgehead atoms. The van der Waals surface area contributed by atoms with Crippen molar-refractivity contribution in [3.8, 4) is 0 Å². The molecule has 3 nitrogen and oxygen atoms in total. The number of hydrogen-bond donors (Lipinski definition) is 1. The predicted octanol–water partition coefficient (Wildman–Crippen LogP) is 1.69. The van der Waals surface area contributed by atoms with Gasteiger partial charge in [-0.1, -0.05) is 24.3 Å². The highest BCUT2D eigenvalue weighted by atomic mass is 16.1. The van der Waals surface area contributed by atoms with Crippen molar-refractivity contribution in [2.45, 2.75) is 33.4 Å². The van der Waals surface area contributed by atoms with Crippen LogP contribution in [-0.2, 0) is 11.3 Å². The quantitative estimate of drug-likeness (QED) is 0.820.